The van der Waals surface area contributed by atoms with Gasteiger partial charge in [0.05, 0.1) is 5.60 Å². The average Bonchev–Trinajstić information content (AvgIpc) is 2.77. The molecule has 1 heterocycles. The van der Waals surface area contributed by atoms with Crippen molar-refractivity contribution in [1.29, 1.82) is 0 Å². The Morgan fingerprint density at radius 1 is 1.38 bits per heavy atom. The summed E-state index contributed by atoms with van der Waals surface area (Å²) in [7, 11) is 0. The fourth-order valence-corrected chi connectivity index (χ4v) is 2.53. The van der Waals surface area contributed by atoms with Crippen LogP contribution in [-0.2, 0) is 4.74 Å². The maximum absolute atomic E-state index is 5.89. The van der Waals surface area contributed by atoms with Gasteiger partial charge in [-0.3, -0.25) is 0 Å². The molecule has 1 saturated carbocycles. The molecule has 0 amide bonds. The van der Waals surface area contributed by atoms with Crippen LogP contribution in [0.4, 0.5) is 0 Å². The second-order valence-electron chi connectivity index (χ2n) is 4.41. The van der Waals surface area contributed by atoms with E-state index in [1.807, 2.05) is 0 Å². The summed E-state index contributed by atoms with van der Waals surface area (Å²) in [5.41, 5.74) is 0.396. The van der Waals surface area contributed by atoms with Crippen LogP contribution < -0.4 is 0 Å². The van der Waals surface area contributed by atoms with Crippen molar-refractivity contribution < 1.29 is 4.74 Å². The molecule has 1 saturated heterocycles. The normalized spacial score (nSPS) is 37.2. The minimum absolute atomic E-state index is 0. The molecule has 2 atom stereocenters. The zero-order valence-corrected chi connectivity index (χ0v) is 8.14. The molecular weight excluding hydrogens is 160 g/mol. The average molecular weight is 184 g/mol. The molecule has 0 aromatic heterocycles. The second-order valence-corrected chi connectivity index (χ2v) is 4.41. The highest BCUT2D eigenvalue weighted by Crippen LogP contribution is 2.54. The van der Waals surface area contributed by atoms with Gasteiger partial charge in [-0.25, -0.2) is 0 Å². The van der Waals surface area contributed by atoms with Crippen molar-refractivity contribution in [2.45, 2.75) is 64.9 Å². The number of rotatable bonds is 3. The van der Waals surface area contributed by atoms with Gasteiger partial charge >= 0.3 is 0 Å². The first kappa shape index (κ1) is 11.0. The van der Waals surface area contributed by atoms with Crippen LogP contribution in [0.25, 0.3) is 0 Å². The van der Waals surface area contributed by atoms with E-state index in [9.17, 15) is 0 Å². The third-order valence-electron chi connectivity index (χ3n) is 3.47. The van der Waals surface area contributed by atoms with E-state index in [4.69, 9.17) is 4.74 Å². The predicted molar refractivity (Wildman–Crippen MR) is 56.9 cm³/mol. The molecule has 2 fully saturated rings. The van der Waals surface area contributed by atoms with Crippen molar-refractivity contribution in [2.75, 3.05) is 6.61 Å². The molecule has 1 heteroatoms. The Labute approximate surface area is 82.9 Å². The molecule has 1 aliphatic heterocycles. The lowest BCUT2D eigenvalue weighted by atomic mass is 10.0. The van der Waals surface area contributed by atoms with Gasteiger partial charge in [0.15, 0.2) is 0 Å². The van der Waals surface area contributed by atoms with Gasteiger partial charge in [0, 0.05) is 6.61 Å². The first-order valence-corrected chi connectivity index (χ1v) is 5.51. The Hall–Kier alpha value is -0.0400. The largest absolute Gasteiger partial charge is 0.375 e. The third kappa shape index (κ3) is 2.25. The van der Waals surface area contributed by atoms with Crippen LogP contribution >= 0.6 is 0 Å². The van der Waals surface area contributed by atoms with E-state index < -0.39 is 0 Å². The number of unbranched alkanes of at least 4 members (excludes halogenated alkanes) is 1. The predicted octanol–water partition coefficient (Wildman–Crippen LogP) is 3.77. The van der Waals surface area contributed by atoms with E-state index in [0.29, 0.717) is 5.60 Å². The zero-order chi connectivity index (χ0) is 8.44. The Morgan fingerprint density at radius 2 is 2.23 bits per heavy atom. The maximum Gasteiger partial charge on any atom is 0.0715 e. The van der Waals surface area contributed by atoms with Gasteiger partial charge in [-0.05, 0) is 38.0 Å². The van der Waals surface area contributed by atoms with E-state index >= 15 is 0 Å². The van der Waals surface area contributed by atoms with E-state index in [-0.39, 0.29) is 7.43 Å². The molecule has 78 valence electrons. The molecule has 0 bridgehead atoms. The summed E-state index contributed by atoms with van der Waals surface area (Å²) >= 11 is 0. The summed E-state index contributed by atoms with van der Waals surface area (Å²) in [5, 5.41) is 0. The molecule has 2 unspecified atom stereocenters. The summed E-state index contributed by atoms with van der Waals surface area (Å²) in [6, 6.07) is 0. The van der Waals surface area contributed by atoms with Gasteiger partial charge < -0.3 is 4.74 Å². The zero-order valence-electron chi connectivity index (χ0n) is 8.14. The molecule has 2 aliphatic rings. The van der Waals surface area contributed by atoms with Crippen LogP contribution in [0.3, 0.4) is 0 Å². The van der Waals surface area contributed by atoms with Gasteiger partial charge in [-0.2, -0.15) is 0 Å². The number of ether oxygens (including phenoxy) is 1. The molecular formula is C12H24O. The Balaban J connectivity index is 0.000000845. The maximum atomic E-state index is 5.89. The van der Waals surface area contributed by atoms with E-state index in [1.54, 1.807) is 0 Å². The summed E-state index contributed by atoms with van der Waals surface area (Å²) in [4.78, 5) is 0. The first-order chi connectivity index (χ1) is 5.87. The van der Waals surface area contributed by atoms with Crippen molar-refractivity contribution in [2.24, 2.45) is 5.92 Å². The smallest absolute Gasteiger partial charge is 0.0715 e. The highest BCUT2D eigenvalue weighted by atomic mass is 16.5. The number of hydrogen-bond donors (Lipinski definition) is 0. The van der Waals surface area contributed by atoms with Crippen molar-refractivity contribution in [3.8, 4) is 0 Å². The van der Waals surface area contributed by atoms with Crippen molar-refractivity contribution in [3.05, 3.63) is 0 Å². The minimum Gasteiger partial charge on any atom is -0.375 e. The Kier molecular flexibility index (Phi) is 3.78. The monoisotopic (exact) mass is 184 g/mol. The van der Waals surface area contributed by atoms with Gasteiger partial charge in [0.25, 0.3) is 0 Å². The lowest BCUT2D eigenvalue weighted by Crippen LogP contribution is -2.22. The summed E-state index contributed by atoms with van der Waals surface area (Å²) < 4.78 is 5.89. The molecule has 1 aliphatic carbocycles. The lowest BCUT2D eigenvalue weighted by Gasteiger charge is -2.23. The third-order valence-corrected chi connectivity index (χ3v) is 3.47. The summed E-state index contributed by atoms with van der Waals surface area (Å²) in [6.07, 6.45) is 9.57. The molecule has 0 aromatic carbocycles. The van der Waals surface area contributed by atoms with Crippen molar-refractivity contribution in [1.82, 2.24) is 0 Å². The fourth-order valence-electron chi connectivity index (χ4n) is 2.53. The second kappa shape index (κ2) is 4.45. The van der Waals surface area contributed by atoms with Gasteiger partial charge in [-0.1, -0.05) is 27.2 Å². The van der Waals surface area contributed by atoms with Crippen LogP contribution in [0.1, 0.15) is 59.3 Å². The Bertz CT molecular complexity index is 145. The SMILES string of the molecule is C.CCCCC1CC12CCCCO2. The summed E-state index contributed by atoms with van der Waals surface area (Å²) in [6.45, 7) is 3.30. The first-order valence-electron chi connectivity index (χ1n) is 5.51. The Morgan fingerprint density at radius 3 is 2.85 bits per heavy atom. The van der Waals surface area contributed by atoms with Gasteiger partial charge in [-0.15, -0.1) is 0 Å². The number of hydrogen-bond acceptors (Lipinski definition) is 1. The molecule has 0 aromatic rings. The van der Waals surface area contributed by atoms with Crippen LogP contribution in [0.15, 0.2) is 0 Å². The van der Waals surface area contributed by atoms with Gasteiger partial charge in [0.1, 0.15) is 0 Å². The van der Waals surface area contributed by atoms with Crippen LogP contribution in [0, 0.1) is 5.92 Å². The summed E-state index contributed by atoms with van der Waals surface area (Å²) in [5.74, 6) is 0.928. The molecule has 2 rings (SSSR count). The minimum atomic E-state index is 0. The van der Waals surface area contributed by atoms with E-state index in [0.717, 1.165) is 12.5 Å². The van der Waals surface area contributed by atoms with E-state index in [2.05, 4.69) is 6.92 Å². The van der Waals surface area contributed by atoms with Gasteiger partial charge in [0.2, 0.25) is 0 Å². The van der Waals surface area contributed by atoms with Crippen LogP contribution in [0.2, 0.25) is 0 Å². The van der Waals surface area contributed by atoms with Crippen LogP contribution in [-0.4, -0.2) is 12.2 Å². The quantitative estimate of drug-likeness (QED) is 0.648. The van der Waals surface area contributed by atoms with Crippen molar-refractivity contribution >= 4 is 0 Å². The van der Waals surface area contributed by atoms with Crippen molar-refractivity contribution in [3.63, 3.8) is 0 Å². The molecule has 1 nitrogen and oxygen atoms in total. The van der Waals surface area contributed by atoms with E-state index in [1.165, 1.54) is 44.9 Å². The molecule has 1 spiro atoms. The molecule has 0 radical (unpaired) electrons. The fraction of sp³-hybridized carbons (Fsp3) is 1.00. The standard InChI is InChI=1S/C11H20O.CH4/c1-2-3-6-10-9-11(10)7-4-5-8-12-11;/h10H,2-9H2,1H3;1H4. The van der Waals surface area contributed by atoms with Crippen LogP contribution in [0.5, 0.6) is 0 Å². The highest BCUT2D eigenvalue weighted by Gasteiger charge is 2.54. The molecule has 0 N–H and O–H groups in total. The highest BCUT2D eigenvalue weighted by molar-refractivity contribution is 5.05. The topological polar surface area (TPSA) is 9.23 Å². The molecule has 13 heavy (non-hydrogen) atoms. The lowest BCUT2D eigenvalue weighted by molar-refractivity contribution is -0.0165.